The first kappa shape index (κ1) is 22.8. The molecule has 0 spiro atoms. The Kier molecular flexibility index (Phi) is 6.98. The number of non-ortho nitro benzene ring substituents is 1. The molecule has 0 bridgehead atoms. The first-order chi connectivity index (χ1) is 15.9. The van der Waals surface area contributed by atoms with Crippen LogP contribution in [-0.4, -0.2) is 37.1 Å². The molecule has 1 aromatic heterocycles. The number of nitrogens with zero attached hydrogens (tertiary/aromatic N) is 2. The molecule has 1 aliphatic rings. The summed E-state index contributed by atoms with van der Waals surface area (Å²) in [5.74, 6) is 0.568. The van der Waals surface area contributed by atoms with Crippen LogP contribution in [0.4, 0.5) is 17.1 Å². The number of benzene rings is 2. The van der Waals surface area contributed by atoms with E-state index < -0.39 is 10.8 Å². The normalized spacial score (nSPS) is 13.9. The van der Waals surface area contributed by atoms with E-state index in [0.29, 0.717) is 64.8 Å². The maximum absolute atomic E-state index is 12.6. The zero-order valence-corrected chi connectivity index (χ0v) is 18.8. The number of nitrogens with one attached hydrogen (secondary N) is 1. The molecule has 170 valence electrons. The van der Waals surface area contributed by atoms with Gasteiger partial charge in [0.1, 0.15) is 11.5 Å². The summed E-state index contributed by atoms with van der Waals surface area (Å²) >= 11 is 12.3. The lowest BCUT2D eigenvalue weighted by Gasteiger charge is -2.30. The molecule has 2 heterocycles. The van der Waals surface area contributed by atoms with Crippen molar-refractivity contribution < 1.29 is 18.9 Å². The molecule has 0 aliphatic carbocycles. The predicted molar refractivity (Wildman–Crippen MR) is 128 cm³/mol. The molecule has 8 nitrogen and oxygen atoms in total. The summed E-state index contributed by atoms with van der Waals surface area (Å²) in [6.45, 7) is 2.16. The first-order valence-electron chi connectivity index (χ1n) is 10.1. The Bertz CT molecular complexity index is 1220. The fraction of sp³-hybridized carbons (Fsp3) is 0.174. The molecule has 0 unspecified atom stereocenters. The Labute approximate surface area is 199 Å². The zero-order valence-electron chi connectivity index (χ0n) is 17.3. The van der Waals surface area contributed by atoms with Crippen molar-refractivity contribution in [1.29, 1.82) is 0 Å². The van der Waals surface area contributed by atoms with Gasteiger partial charge in [0, 0.05) is 36.9 Å². The van der Waals surface area contributed by atoms with Crippen LogP contribution in [0.15, 0.2) is 59.0 Å². The zero-order chi connectivity index (χ0) is 23.4. The Morgan fingerprint density at radius 2 is 1.91 bits per heavy atom. The molecular formula is C23H19Cl2N3O5. The third-order valence-electron chi connectivity index (χ3n) is 5.04. The Morgan fingerprint density at radius 3 is 2.67 bits per heavy atom. The largest absolute Gasteiger partial charge is 0.457 e. The van der Waals surface area contributed by atoms with E-state index >= 15 is 0 Å². The fourth-order valence-electron chi connectivity index (χ4n) is 3.42. The van der Waals surface area contributed by atoms with Gasteiger partial charge in [0.2, 0.25) is 5.91 Å². The summed E-state index contributed by atoms with van der Waals surface area (Å²) < 4.78 is 11.1. The standard InChI is InChI=1S/C23H19Cl2N3O5/c24-18-3-1-2-17(23(18)25)21-8-5-16(33-21)6-9-22(29)26-19-7-4-15(28(30)31)14-20(19)27-10-12-32-13-11-27/h1-9,14H,10-13H2,(H,26,29)/b9-6+. The average Bonchev–Trinajstić information content (AvgIpc) is 3.29. The van der Waals surface area contributed by atoms with Crippen LogP contribution in [0.3, 0.4) is 0 Å². The molecule has 1 saturated heterocycles. The minimum atomic E-state index is -0.462. The molecule has 1 aliphatic heterocycles. The van der Waals surface area contributed by atoms with Gasteiger partial charge in [-0.1, -0.05) is 29.3 Å². The van der Waals surface area contributed by atoms with Gasteiger partial charge in [-0.05, 0) is 36.4 Å². The molecule has 1 N–H and O–H groups in total. The van der Waals surface area contributed by atoms with Crippen LogP contribution in [-0.2, 0) is 9.53 Å². The Balaban J connectivity index is 1.50. The molecule has 0 saturated carbocycles. The minimum absolute atomic E-state index is 0.0483. The van der Waals surface area contributed by atoms with Gasteiger partial charge in [-0.15, -0.1) is 0 Å². The molecule has 1 amide bonds. The molecule has 33 heavy (non-hydrogen) atoms. The van der Waals surface area contributed by atoms with Gasteiger partial charge >= 0.3 is 0 Å². The van der Waals surface area contributed by atoms with Crippen LogP contribution in [0, 0.1) is 10.1 Å². The summed E-state index contributed by atoms with van der Waals surface area (Å²) in [6, 6.07) is 13.0. The summed E-state index contributed by atoms with van der Waals surface area (Å²) in [4.78, 5) is 25.3. The van der Waals surface area contributed by atoms with Crippen LogP contribution >= 0.6 is 23.2 Å². The third kappa shape index (κ3) is 5.36. The van der Waals surface area contributed by atoms with Crippen LogP contribution < -0.4 is 10.2 Å². The van der Waals surface area contributed by atoms with Crippen molar-refractivity contribution in [3.05, 3.63) is 80.5 Å². The molecule has 2 aromatic carbocycles. The number of nitro benzene ring substituents is 1. The minimum Gasteiger partial charge on any atom is -0.457 e. The monoisotopic (exact) mass is 487 g/mol. The van der Waals surface area contributed by atoms with Gasteiger partial charge in [-0.3, -0.25) is 14.9 Å². The molecule has 4 rings (SSSR count). The molecule has 3 aromatic rings. The van der Waals surface area contributed by atoms with E-state index in [0.717, 1.165) is 0 Å². The molecule has 0 atom stereocenters. The summed E-state index contributed by atoms with van der Waals surface area (Å²) in [5, 5.41) is 14.8. The summed E-state index contributed by atoms with van der Waals surface area (Å²) in [7, 11) is 0. The predicted octanol–water partition coefficient (Wildman–Crippen LogP) is 5.65. The van der Waals surface area contributed by atoms with Gasteiger partial charge in [-0.25, -0.2) is 0 Å². The van der Waals surface area contributed by atoms with Gasteiger partial charge in [-0.2, -0.15) is 0 Å². The van der Waals surface area contributed by atoms with E-state index in [1.54, 1.807) is 30.3 Å². The number of nitro groups is 1. The van der Waals surface area contributed by atoms with Crippen molar-refractivity contribution in [2.75, 3.05) is 36.5 Å². The quantitative estimate of drug-likeness (QED) is 0.274. The number of amides is 1. The van der Waals surface area contributed by atoms with E-state index in [1.807, 2.05) is 4.90 Å². The van der Waals surface area contributed by atoms with Crippen LogP contribution in [0.5, 0.6) is 0 Å². The number of carbonyl (C=O) groups is 1. The fourth-order valence-corrected chi connectivity index (χ4v) is 3.81. The van der Waals surface area contributed by atoms with E-state index in [9.17, 15) is 14.9 Å². The number of rotatable bonds is 6. The van der Waals surface area contributed by atoms with E-state index in [1.165, 1.54) is 30.4 Å². The molecule has 0 radical (unpaired) electrons. The van der Waals surface area contributed by atoms with Crippen LogP contribution in [0.2, 0.25) is 10.0 Å². The summed E-state index contributed by atoms with van der Waals surface area (Å²) in [6.07, 6.45) is 2.85. The first-order valence-corrected chi connectivity index (χ1v) is 10.8. The number of furan rings is 1. The lowest BCUT2D eigenvalue weighted by atomic mass is 10.2. The maximum atomic E-state index is 12.6. The number of hydrogen-bond acceptors (Lipinski definition) is 6. The molecule has 1 fully saturated rings. The van der Waals surface area contributed by atoms with E-state index in [-0.39, 0.29) is 5.69 Å². The lowest BCUT2D eigenvalue weighted by molar-refractivity contribution is -0.384. The lowest BCUT2D eigenvalue weighted by Crippen LogP contribution is -2.36. The van der Waals surface area contributed by atoms with E-state index in [4.69, 9.17) is 32.4 Å². The number of hydrogen-bond donors (Lipinski definition) is 1. The Hall–Kier alpha value is -3.33. The highest BCUT2D eigenvalue weighted by Gasteiger charge is 2.19. The smallest absolute Gasteiger partial charge is 0.271 e. The molecular weight excluding hydrogens is 469 g/mol. The SMILES string of the molecule is O=C(/C=C/c1ccc(-c2cccc(Cl)c2Cl)o1)Nc1ccc([N+](=O)[O-])cc1N1CCOCC1. The highest BCUT2D eigenvalue weighted by molar-refractivity contribution is 6.43. The number of anilines is 2. The second-order valence-corrected chi connectivity index (χ2v) is 7.97. The van der Waals surface area contributed by atoms with Crippen molar-refractivity contribution in [3.8, 4) is 11.3 Å². The van der Waals surface area contributed by atoms with Crippen molar-refractivity contribution in [2.24, 2.45) is 0 Å². The van der Waals surface area contributed by atoms with Crippen molar-refractivity contribution in [1.82, 2.24) is 0 Å². The van der Waals surface area contributed by atoms with Crippen molar-refractivity contribution >= 4 is 52.2 Å². The second kappa shape index (κ2) is 10.1. The highest BCUT2D eigenvalue weighted by atomic mass is 35.5. The van der Waals surface area contributed by atoms with Crippen molar-refractivity contribution in [2.45, 2.75) is 0 Å². The second-order valence-electron chi connectivity index (χ2n) is 7.18. The highest BCUT2D eigenvalue weighted by Crippen LogP contribution is 2.35. The van der Waals surface area contributed by atoms with Crippen molar-refractivity contribution in [3.63, 3.8) is 0 Å². The van der Waals surface area contributed by atoms with Crippen LogP contribution in [0.1, 0.15) is 5.76 Å². The Morgan fingerprint density at radius 1 is 1.12 bits per heavy atom. The number of morpholine rings is 1. The summed E-state index contributed by atoms with van der Waals surface area (Å²) in [5.41, 5.74) is 1.65. The average molecular weight is 488 g/mol. The number of carbonyl (C=O) groups excluding carboxylic acids is 1. The maximum Gasteiger partial charge on any atom is 0.271 e. The number of halogens is 2. The topological polar surface area (TPSA) is 97.8 Å². The molecule has 10 heteroatoms. The van der Waals surface area contributed by atoms with Gasteiger partial charge < -0.3 is 19.4 Å². The number of ether oxygens (including phenoxy) is 1. The van der Waals surface area contributed by atoms with Gasteiger partial charge in [0.15, 0.2) is 0 Å². The van der Waals surface area contributed by atoms with Crippen LogP contribution in [0.25, 0.3) is 17.4 Å². The third-order valence-corrected chi connectivity index (χ3v) is 5.86. The van der Waals surface area contributed by atoms with Gasteiger partial charge in [0.05, 0.1) is 39.6 Å². The van der Waals surface area contributed by atoms with E-state index in [2.05, 4.69) is 5.32 Å². The van der Waals surface area contributed by atoms with Gasteiger partial charge in [0.25, 0.3) is 5.69 Å².